The molecule has 0 amide bonds. The van der Waals surface area contributed by atoms with Crippen molar-refractivity contribution in [1.29, 1.82) is 0 Å². The molecular weight excluding hydrogens is 198 g/mol. The molecule has 1 aromatic heterocycles. The first-order valence-corrected chi connectivity index (χ1v) is 6.55. The maximum atomic E-state index is 4.43. The number of rotatable bonds is 6. The molecule has 2 rings (SSSR count). The number of aryl methyl sites for hydroxylation is 1. The van der Waals surface area contributed by atoms with E-state index in [-0.39, 0.29) is 0 Å². The van der Waals surface area contributed by atoms with Crippen molar-refractivity contribution in [2.75, 3.05) is 0 Å². The highest BCUT2D eigenvalue weighted by molar-refractivity contribution is 4.98. The summed E-state index contributed by atoms with van der Waals surface area (Å²) in [6.45, 7) is 6.48. The summed E-state index contributed by atoms with van der Waals surface area (Å²) < 4.78 is 2.26. The average molecular weight is 221 g/mol. The van der Waals surface area contributed by atoms with Crippen LogP contribution >= 0.6 is 0 Å². The summed E-state index contributed by atoms with van der Waals surface area (Å²) in [5, 5.41) is 3.70. The van der Waals surface area contributed by atoms with Gasteiger partial charge in [0.05, 0.1) is 6.54 Å². The van der Waals surface area contributed by atoms with Crippen LogP contribution < -0.4 is 5.32 Å². The number of aromatic nitrogens is 2. The zero-order valence-corrected chi connectivity index (χ0v) is 10.5. The van der Waals surface area contributed by atoms with E-state index in [4.69, 9.17) is 0 Å². The summed E-state index contributed by atoms with van der Waals surface area (Å²) in [4.78, 5) is 4.43. The molecule has 0 radical (unpaired) electrons. The zero-order valence-electron chi connectivity index (χ0n) is 10.5. The van der Waals surface area contributed by atoms with Gasteiger partial charge in [-0.2, -0.15) is 0 Å². The summed E-state index contributed by atoms with van der Waals surface area (Å²) in [7, 11) is 0. The molecule has 90 valence electrons. The topological polar surface area (TPSA) is 29.9 Å². The minimum Gasteiger partial charge on any atom is -0.334 e. The van der Waals surface area contributed by atoms with Crippen molar-refractivity contribution >= 4 is 0 Å². The molecule has 0 atom stereocenters. The van der Waals surface area contributed by atoms with Gasteiger partial charge in [-0.15, -0.1) is 0 Å². The number of hydrogen-bond acceptors (Lipinski definition) is 2. The fourth-order valence-corrected chi connectivity index (χ4v) is 2.48. The average Bonchev–Trinajstić information content (AvgIpc) is 2.66. The van der Waals surface area contributed by atoms with Gasteiger partial charge in [0.15, 0.2) is 0 Å². The molecule has 0 bridgehead atoms. The Kier molecular flexibility index (Phi) is 3.64. The number of hydrogen-bond donors (Lipinski definition) is 1. The first-order valence-electron chi connectivity index (χ1n) is 6.55. The fourth-order valence-electron chi connectivity index (χ4n) is 2.48. The summed E-state index contributed by atoms with van der Waals surface area (Å²) >= 11 is 0. The fraction of sp³-hybridized carbons (Fsp3) is 0.769. The molecule has 0 saturated heterocycles. The lowest BCUT2D eigenvalue weighted by atomic mass is 9.75. The summed E-state index contributed by atoms with van der Waals surface area (Å²) in [5.74, 6) is 1.18. The summed E-state index contributed by atoms with van der Waals surface area (Å²) in [5.41, 5.74) is 0.420. The smallest absolute Gasteiger partial charge is 0.122 e. The van der Waals surface area contributed by atoms with E-state index in [1.54, 1.807) is 0 Å². The molecule has 1 aliphatic carbocycles. The van der Waals surface area contributed by atoms with E-state index in [9.17, 15) is 0 Å². The van der Waals surface area contributed by atoms with Crippen LogP contribution in [-0.2, 0) is 13.1 Å². The molecule has 0 aromatic carbocycles. The SMILES string of the molecule is CCCn1ccnc1CNC1(CC)CCC1. The predicted octanol–water partition coefficient (Wildman–Crippen LogP) is 2.72. The second-order valence-electron chi connectivity index (χ2n) is 4.88. The first kappa shape index (κ1) is 11.6. The number of nitrogens with one attached hydrogen (secondary N) is 1. The molecule has 0 unspecified atom stereocenters. The second-order valence-corrected chi connectivity index (χ2v) is 4.88. The molecule has 1 fully saturated rings. The molecule has 1 aromatic rings. The van der Waals surface area contributed by atoms with Crippen LogP contribution in [0.25, 0.3) is 0 Å². The summed E-state index contributed by atoms with van der Waals surface area (Å²) in [6, 6.07) is 0. The van der Waals surface area contributed by atoms with Gasteiger partial charge in [0.2, 0.25) is 0 Å². The molecule has 1 saturated carbocycles. The van der Waals surface area contributed by atoms with E-state index in [0.29, 0.717) is 5.54 Å². The molecule has 1 heterocycles. The van der Waals surface area contributed by atoms with Crippen molar-refractivity contribution in [3.05, 3.63) is 18.2 Å². The van der Waals surface area contributed by atoms with Crippen LogP contribution in [0.1, 0.15) is 51.8 Å². The minimum absolute atomic E-state index is 0.420. The van der Waals surface area contributed by atoms with E-state index >= 15 is 0 Å². The van der Waals surface area contributed by atoms with Crippen molar-refractivity contribution in [1.82, 2.24) is 14.9 Å². The molecule has 0 spiro atoms. The van der Waals surface area contributed by atoms with Crippen LogP contribution in [0.15, 0.2) is 12.4 Å². The third-order valence-electron chi connectivity index (χ3n) is 3.88. The number of nitrogens with zero attached hydrogens (tertiary/aromatic N) is 2. The van der Waals surface area contributed by atoms with Crippen LogP contribution in [0.3, 0.4) is 0 Å². The van der Waals surface area contributed by atoms with Crippen LogP contribution in [0, 0.1) is 0 Å². The van der Waals surface area contributed by atoms with Gasteiger partial charge in [0.25, 0.3) is 0 Å². The first-order chi connectivity index (χ1) is 7.79. The third-order valence-corrected chi connectivity index (χ3v) is 3.88. The van der Waals surface area contributed by atoms with E-state index in [0.717, 1.165) is 13.1 Å². The Morgan fingerprint density at radius 3 is 2.81 bits per heavy atom. The molecule has 1 N–H and O–H groups in total. The highest BCUT2D eigenvalue weighted by Gasteiger charge is 2.34. The Morgan fingerprint density at radius 2 is 2.25 bits per heavy atom. The van der Waals surface area contributed by atoms with Gasteiger partial charge < -0.3 is 9.88 Å². The standard InChI is InChI=1S/C13H23N3/c1-3-9-16-10-8-14-12(16)11-15-13(4-2)6-5-7-13/h8,10,15H,3-7,9,11H2,1-2H3. The molecule has 0 aliphatic heterocycles. The van der Waals surface area contributed by atoms with Crippen LogP contribution in [0.2, 0.25) is 0 Å². The van der Waals surface area contributed by atoms with Gasteiger partial charge in [-0.3, -0.25) is 0 Å². The second kappa shape index (κ2) is 5.00. The lowest BCUT2D eigenvalue weighted by Gasteiger charge is -2.42. The number of imidazole rings is 1. The summed E-state index contributed by atoms with van der Waals surface area (Å²) in [6.07, 6.45) is 10.4. The van der Waals surface area contributed by atoms with Crippen molar-refractivity contribution in [3.63, 3.8) is 0 Å². The van der Waals surface area contributed by atoms with E-state index in [2.05, 4.69) is 34.9 Å². The van der Waals surface area contributed by atoms with Crippen molar-refractivity contribution < 1.29 is 0 Å². The molecule has 3 nitrogen and oxygen atoms in total. The van der Waals surface area contributed by atoms with Crippen LogP contribution in [-0.4, -0.2) is 15.1 Å². The molecular formula is C13H23N3. The molecule has 1 aliphatic rings. The Bertz CT molecular complexity index is 320. The van der Waals surface area contributed by atoms with Crippen molar-refractivity contribution in [3.8, 4) is 0 Å². The normalized spacial score (nSPS) is 18.4. The molecule has 16 heavy (non-hydrogen) atoms. The predicted molar refractivity (Wildman–Crippen MR) is 66.2 cm³/mol. The maximum Gasteiger partial charge on any atom is 0.122 e. The Morgan fingerprint density at radius 1 is 1.44 bits per heavy atom. The van der Waals surface area contributed by atoms with Gasteiger partial charge in [0.1, 0.15) is 5.82 Å². The highest BCUT2D eigenvalue weighted by Crippen LogP contribution is 2.34. The van der Waals surface area contributed by atoms with Gasteiger partial charge in [-0.25, -0.2) is 4.98 Å². The largest absolute Gasteiger partial charge is 0.334 e. The Balaban J connectivity index is 1.91. The zero-order chi connectivity index (χ0) is 11.4. The lowest BCUT2D eigenvalue weighted by Crippen LogP contribution is -2.50. The highest BCUT2D eigenvalue weighted by atomic mass is 15.1. The van der Waals surface area contributed by atoms with Crippen molar-refractivity contribution in [2.45, 2.75) is 64.6 Å². The Labute approximate surface area is 98.3 Å². The monoisotopic (exact) mass is 221 g/mol. The maximum absolute atomic E-state index is 4.43. The van der Waals surface area contributed by atoms with Gasteiger partial charge >= 0.3 is 0 Å². The van der Waals surface area contributed by atoms with Crippen LogP contribution in [0.4, 0.5) is 0 Å². The Hall–Kier alpha value is -0.830. The third kappa shape index (κ3) is 2.29. The molecule has 3 heteroatoms. The minimum atomic E-state index is 0.420. The van der Waals surface area contributed by atoms with E-state index < -0.39 is 0 Å². The van der Waals surface area contributed by atoms with Crippen molar-refractivity contribution in [2.24, 2.45) is 0 Å². The van der Waals surface area contributed by atoms with Gasteiger partial charge in [-0.1, -0.05) is 13.8 Å². The lowest BCUT2D eigenvalue weighted by molar-refractivity contribution is 0.173. The van der Waals surface area contributed by atoms with Crippen LogP contribution in [0.5, 0.6) is 0 Å². The van der Waals surface area contributed by atoms with E-state index in [1.165, 1.54) is 37.9 Å². The van der Waals surface area contributed by atoms with Gasteiger partial charge in [-0.05, 0) is 32.1 Å². The quantitative estimate of drug-likeness (QED) is 0.800. The van der Waals surface area contributed by atoms with Gasteiger partial charge in [0, 0.05) is 24.5 Å². The van der Waals surface area contributed by atoms with E-state index in [1.807, 2.05) is 6.20 Å².